The number of esters is 4. The van der Waals surface area contributed by atoms with Gasteiger partial charge in [-0.05, 0) is 49.2 Å². The fourth-order valence-corrected chi connectivity index (χ4v) is 5.58. The van der Waals surface area contributed by atoms with Crippen molar-refractivity contribution in [2.45, 2.75) is 52.1 Å². The Morgan fingerprint density at radius 1 is 0.660 bits per heavy atom. The van der Waals surface area contributed by atoms with Gasteiger partial charge >= 0.3 is 23.9 Å². The Balaban J connectivity index is 0.000000286. The zero-order valence-electron chi connectivity index (χ0n) is 30.3. The van der Waals surface area contributed by atoms with Crippen LogP contribution in [0, 0.1) is 11.8 Å². The molecule has 2 aromatic rings. The number of allylic oxidation sites excluding steroid dienone is 2. The molecule has 2 aliphatic rings. The van der Waals surface area contributed by atoms with Crippen LogP contribution < -0.4 is 0 Å². The van der Waals surface area contributed by atoms with E-state index in [1.807, 2.05) is 0 Å². The van der Waals surface area contributed by atoms with Gasteiger partial charge in [-0.3, -0.25) is 9.59 Å². The van der Waals surface area contributed by atoms with Crippen LogP contribution in [0.3, 0.4) is 0 Å². The Morgan fingerprint density at radius 3 is 1.47 bits per heavy atom. The number of carbonyl (C=O) groups is 4. The normalized spacial score (nSPS) is 20.7. The molecule has 0 saturated heterocycles. The summed E-state index contributed by atoms with van der Waals surface area (Å²) in [6, 6.07) is 13.3. The van der Waals surface area contributed by atoms with Gasteiger partial charge in [0.25, 0.3) is 0 Å². The Morgan fingerprint density at radius 2 is 1.08 bits per heavy atom. The molecule has 14 nitrogen and oxygen atoms in total. The lowest BCUT2D eigenvalue weighted by Crippen LogP contribution is -2.32. The van der Waals surface area contributed by atoms with E-state index in [1.165, 1.54) is 27.6 Å². The molecule has 0 spiro atoms. The van der Waals surface area contributed by atoms with Crippen molar-refractivity contribution < 1.29 is 67.7 Å². The van der Waals surface area contributed by atoms with Crippen molar-refractivity contribution in [3.8, 4) is 11.5 Å². The van der Waals surface area contributed by atoms with Crippen LogP contribution in [0.1, 0.15) is 37.8 Å². The van der Waals surface area contributed by atoms with E-state index in [-0.39, 0.29) is 48.7 Å². The van der Waals surface area contributed by atoms with E-state index in [2.05, 4.69) is 0 Å². The predicted molar refractivity (Wildman–Crippen MR) is 188 cm³/mol. The number of ether oxygens (including phenoxy) is 7. The Hall–Kier alpha value is -5.60. The minimum Gasteiger partial charge on any atom is -0.508 e. The average molecular weight is 739 g/mol. The summed E-state index contributed by atoms with van der Waals surface area (Å²) in [5.74, 6) is -2.99. The molecule has 0 aliphatic carbocycles. The first kappa shape index (κ1) is 41.8. The molecule has 0 aromatic heterocycles. The number of carbonyl (C=O) groups excluding carboxylic acids is 4. The maximum absolute atomic E-state index is 12.3. The van der Waals surface area contributed by atoms with Gasteiger partial charge in [0.05, 0.1) is 63.9 Å². The Labute approximate surface area is 307 Å². The van der Waals surface area contributed by atoms with Crippen molar-refractivity contribution in [3.05, 3.63) is 107 Å². The molecule has 4 atom stereocenters. The second-order valence-corrected chi connectivity index (χ2v) is 11.7. The summed E-state index contributed by atoms with van der Waals surface area (Å²) in [4.78, 5) is 48.4. The van der Waals surface area contributed by atoms with Crippen molar-refractivity contribution in [2.75, 3.05) is 34.5 Å². The van der Waals surface area contributed by atoms with Crippen LogP contribution in [0.15, 0.2) is 95.5 Å². The van der Waals surface area contributed by atoms with Gasteiger partial charge in [-0.2, -0.15) is 0 Å². The quantitative estimate of drug-likeness (QED) is 0.149. The topological polar surface area (TPSA) is 194 Å². The smallest absolute Gasteiger partial charge is 0.337 e. The van der Waals surface area contributed by atoms with Gasteiger partial charge in [0.2, 0.25) is 12.6 Å². The summed E-state index contributed by atoms with van der Waals surface area (Å²) < 4.78 is 35.7. The highest BCUT2D eigenvalue weighted by atomic mass is 16.7. The van der Waals surface area contributed by atoms with Gasteiger partial charge in [0.15, 0.2) is 0 Å². The number of aliphatic hydroxyl groups excluding tert-OH is 1. The van der Waals surface area contributed by atoms with Crippen molar-refractivity contribution in [2.24, 2.45) is 11.8 Å². The van der Waals surface area contributed by atoms with Gasteiger partial charge in [-0.25, -0.2) is 9.59 Å². The van der Waals surface area contributed by atoms with Gasteiger partial charge in [0.1, 0.15) is 11.5 Å². The number of aromatic hydroxyl groups is 2. The first-order chi connectivity index (χ1) is 25.4. The molecule has 0 saturated carbocycles. The summed E-state index contributed by atoms with van der Waals surface area (Å²) in [5.41, 5.74) is 3.33. The maximum Gasteiger partial charge on any atom is 0.337 e. The van der Waals surface area contributed by atoms with Crippen LogP contribution in [-0.4, -0.2) is 86.3 Å². The van der Waals surface area contributed by atoms with E-state index in [1.54, 1.807) is 74.5 Å². The van der Waals surface area contributed by atoms with E-state index in [0.29, 0.717) is 24.0 Å². The zero-order valence-corrected chi connectivity index (χ0v) is 30.3. The van der Waals surface area contributed by atoms with Crippen molar-refractivity contribution in [3.63, 3.8) is 0 Å². The molecular weight excluding hydrogens is 692 g/mol. The molecule has 0 amide bonds. The number of methoxy groups -OCH3 is 3. The minimum atomic E-state index is -1.22. The van der Waals surface area contributed by atoms with Crippen LogP contribution in [-0.2, 0) is 65.2 Å². The van der Waals surface area contributed by atoms with Crippen LogP contribution in [0.25, 0.3) is 0 Å². The van der Waals surface area contributed by atoms with Crippen LogP contribution >= 0.6 is 0 Å². The highest BCUT2D eigenvalue weighted by Crippen LogP contribution is 2.35. The first-order valence-corrected chi connectivity index (χ1v) is 16.7. The lowest BCUT2D eigenvalue weighted by Gasteiger charge is -2.30. The standard InChI is InChI=1S/C20H24O7.C19H22O7/c1-4-15-16(17(19(23)24-2)12-27-20(15)25-3)11-18(22)26-10-9-13-5-7-14(21)8-6-13;1-3-14-15(16(18(22)24-2)11-26-19(14)23)10-17(21)25-9-8-12-4-6-13(20)7-5-12/h4-8,12,16,20-21H,9-11H2,1-3H3;3-7,11,15,19-20,23H,8-10H2,1-2H3/b15-4-;14-3-/t16-,20+;15-,19+/m11/s1. The summed E-state index contributed by atoms with van der Waals surface area (Å²) in [7, 11) is 3.99. The molecule has 2 aromatic carbocycles. The fraction of sp³-hybridized carbons (Fsp3) is 0.385. The first-order valence-electron chi connectivity index (χ1n) is 16.7. The molecule has 2 aliphatic heterocycles. The third-order valence-corrected chi connectivity index (χ3v) is 8.40. The van der Waals surface area contributed by atoms with Gasteiger partial charge in [0, 0.05) is 42.9 Å². The Kier molecular flexibility index (Phi) is 16.6. The molecule has 2 heterocycles. The van der Waals surface area contributed by atoms with Gasteiger partial charge < -0.3 is 48.5 Å². The lowest BCUT2D eigenvalue weighted by atomic mass is 9.86. The minimum absolute atomic E-state index is 0.0284. The van der Waals surface area contributed by atoms with Crippen molar-refractivity contribution in [1.82, 2.24) is 0 Å². The number of phenols is 2. The molecule has 3 N–H and O–H groups in total. The number of aliphatic hydroxyl groups is 1. The van der Waals surface area contributed by atoms with Gasteiger partial charge in [-0.1, -0.05) is 36.4 Å². The van der Waals surface area contributed by atoms with E-state index in [9.17, 15) is 34.5 Å². The summed E-state index contributed by atoms with van der Waals surface area (Å²) >= 11 is 0. The van der Waals surface area contributed by atoms with E-state index in [0.717, 1.165) is 17.4 Å². The second kappa shape index (κ2) is 21.1. The molecule has 286 valence electrons. The highest BCUT2D eigenvalue weighted by Gasteiger charge is 2.37. The zero-order chi connectivity index (χ0) is 38.9. The van der Waals surface area contributed by atoms with E-state index < -0.39 is 48.3 Å². The molecule has 14 heteroatoms. The summed E-state index contributed by atoms with van der Waals surface area (Å²) in [5, 5.41) is 28.4. The molecule has 0 fully saturated rings. The third kappa shape index (κ3) is 12.3. The van der Waals surface area contributed by atoms with Crippen molar-refractivity contribution in [1.29, 1.82) is 0 Å². The van der Waals surface area contributed by atoms with Crippen molar-refractivity contribution >= 4 is 23.9 Å². The number of phenolic OH excluding ortho intramolecular Hbond substituents is 2. The predicted octanol–water partition coefficient (Wildman–Crippen LogP) is 4.33. The largest absolute Gasteiger partial charge is 0.508 e. The highest BCUT2D eigenvalue weighted by molar-refractivity contribution is 5.91. The van der Waals surface area contributed by atoms with Crippen LogP contribution in [0.2, 0.25) is 0 Å². The Bertz CT molecular complexity index is 1670. The monoisotopic (exact) mass is 738 g/mol. The SMILES string of the molecule is C/C=C1\[C@@H](O)OC=C(C(=O)OC)[C@@H]1CC(=O)OCCc1ccc(O)cc1.C/C=C1\[C@@H](OC)OC=C(C(=O)OC)[C@@H]1CC(=O)OCCc1ccc(O)cc1. The molecule has 0 radical (unpaired) electrons. The summed E-state index contributed by atoms with van der Waals surface area (Å²) in [6.45, 7) is 3.83. The van der Waals surface area contributed by atoms with Crippen LogP contribution in [0.5, 0.6) is 11.5 Å². The van der Waals surface area contributed by atoms with E-state index in [4.69, 9.17) is 33.2 Å². The maximum atomic E-state index is 12.3. The molecule has 0 bridgehead atoms. The summed E-state index contributed by atoms with van der Waals surface area (Å²) in [6.07, 6.45) is 4.76. The van der Waals surface area contributed by atoms with Crippen LogP contribution in [0.4, 0.5) is 0 Å². The third-order valence-electron chi connectivity index (χ3n) is 8.40. The molecule has 0 unspecified atom stereocenters. The number of rotatable bonds is 13. The average Bonchev–Trinajstić information content (AvgIpc) is 3.16. The second-order valence-electron chi connectivity index (χ2n) is 11.7. The van der Waals surface area contributed by atoms with Gasteiger partial charge in [-0.15, -0.1) is 0 Å². The van der Waals surface area contributed by atoms with E-state index >= 15 is 0 Å². The number of hydrogen-bond acceptors (Lipinski definition) is 14. The molecule has 4 rings (SSSR count). The number of benzene rings is 2. The lowest BCUT2D eigenvalue weighted by molar-refractivity contribution is -0.146. The molecular formula is C39H46O14. The number of hydrogen-bond donors (Lipinski definition) is 3. The molecule has 53 heavy (non-hydrogen) atoms. The fourth-order valence-electron chi connectivity index (χ4n) is 5.58.